The zero-order valence-electron chi connectivity index (χ0n) is 21.4. The molecule has 2 aromatic rings. The van der Waals surface area contributed by atoms with Gasteiger partial charge in [0.15, 0.2) is 5.01 Å². The third-order valence-corrected chi connectivity index (χ3v) is 8.42. The number of amides is 2. The molecule has 0 saturated carbocycles. The van der Waals surface area contributed by atoms with Crippen LogP contribution in [0.4, 0.5) is 19.0 Å². The van der Waals surface area contributed by atoms with E-state index in [0.717, 1.165) is 43.9 Å². The maximum Gasteiger partial charge on any atom is 0.408 e. The number of hydrogen-bond acceptors (Lipinski definition) is 7. The van der Waals surface area contributed by atoms with Crippen LogP contribution in [0, 0.1) is 6.92 Å². The second kappa shape index (κ2) is 9.86. The first-order chi connectivity index (χ1) is 17.2. The summed E-state index contributed by atoms with van der Waals surface area (Å²) in [7, 11) is 0. The Kier molecular flexibility index (Phi) is 7.28. The van der Waals surface area contributed by atoms with E-state index >= 15 is 0 Å². The lowest BCUT2D eigenvalue weighted by Crippen LogP contribution is -2.47. The highest BCUT2D eigenvalue weighted by atomic mass is 32.1. The molecule has 2 aliphatic rings. The van der Waals surface area contributed by atoms with E-state index < -0.39 is 29.8 Å². The molecular weight excluding hydrogens is 507 g/mol. The Morgan fingerprint density at radius 1 is 1.14 bits per heavy atom. The van der Waals surface area contributed by atoms with E-state index in [1.807, 2.05) is 4.90 Å². The van der Waals surface area contributed by atoms with Crippen LogP contribution in [0.1, 0.15) is 79.2 Å². The second-order valence-electron chi connectivity index (χ2n) is 10.5. The van der Waals surface area contributed by atoms with E-state index in [-0.39, 0.29) is 34.5 Å². The van der Waals surface area contributed by atoms with Crippen LogP contribution in [-0.2, 0) is 0 Å². The standard InChI is InChI=1S/C25H32F3N5O3S/c1-12-10-18(30-14(3)25(26,27)28)29-11-17(12)20-19(23(35)33-15-6-7-16(33)9-8-15)32-22(37-20)21(34)31-13(2)24(4,5)36/h10-11,13-16,36H,6-9H2,1-5H3,(H,29,30)(H,31,34)/t13-,14+,15?,16?/m1/s1. The van der Waals surface area contributed by atoms with Gasteiger partial charge >= 0.3 is 6.18 Å². The molecule has 0 aromatic carbocycles. The number of nitrogens with zero attached hydrogens (tertiary/aromatic N) is 3. The maximum atomic E-state index is 13.7. The van der Waals surface area contributed by atoms with Gasteiger partial charge < -0.3 is 20.6 Å². The highest BCUT2D eigenvalue weighted by Gasteiger charge is 2.44. The van der Waals surface area contributed by atoms with Gasteiger partial charge in [0.2, 0.25) is 0 Å². The summed E-state index contributed by atoms with van der Waals surface area (Å²) in [4.78, 5) is 37.6. The minimum atomic E-state index is -4.43. The highest BCUT2D eigenvalue weighted by molar-refractivity contribution is 7.17. The van der Waals surface area contributed by atoms with Crippen molar-refractivity contribution in [3.05, 3.63) is 28.5 Å². The quantitative estimate of drug-likeness (QED) is 0.477. The number of aromatic nitrogens is 2. The topological polar surface area (TPSA) is 107 Å². The first-order valence-electron chi connectivity index (χ1n) is 12.3. The average Bonchev–Trinajstić information content (AvgIpc) is 3.52. The summed E-state index contributed by atoms with van der Waals surface area (Å²) < 4.78 is 39.0. The number of halogens is 3. The molecule has 0 aliphatic carbocycles. The molecule has 8 nitrogen and oxygen atoms in total. The number of fused-ring (bicyclic) bond motifs is 2. The Balaban J connectivity index is 1.70. The van der Waals surface area contributed by atoms with Crippen LogP contribution < -0.4 is 10.6 Å². The smallest absolute Gasteiger partial charge is 0.388 e. The van der Waals surface area contributed by atoms with Crippen molar-refractivity contribution in [1.82, 2.24) is 20.2 Å². The largest absolute Gasteiger partial charge is 0.408 e. The van der Waals surface area contributed by atoms with Crippen molar-refractivity contribution >= 4 is 29.0 Å². The van der Waals surface area contributed by atoms with Gasteiger partial charge in [-0.15, -0.1) is 11.3 Å². The van der Waals surface area contributed by atoms with Gasteiger partial charge in [0.1, 0.15) is 17.6 Å². The number of nitrogens with one attached hydrogen (secondary N) is 2. The Labute approximate surface area is 217 Å². The average molecular weight is 540 g/mol. The fraction of sp³-hybridized carbons (Fsp3) is 0.600. The van der Waals surface area contributed by atoms with Crippen LogP contribution in [-0.4, -0.2) is 67.7 Å². The molecule has 2 aliphatic heterocycles. The minimum Gasteiger partial charge on any atom is -0.388 e. The summed E-state index contributed by atoms with van der Waals surface area (Å²) in [5.41, 5.74) is 0.0807. The molecule has 0 unspecified atom stereocenters. The number of anilines is 1. The summed E-state index contributed by atoms with van der Waals surface area (Å²) in [5.74, 6) is -0.719. The molecule has 3 N–H and O–H groups in total. The van der Waals surface area contributed by atoms with Crippen LogP contribution in [0.5, 0.6) is 0 Å². The van der Waals surface area contributed by atoms with E-state index in [9.17, 15) is 27.9 Å². The Hall–Kier alpha value is -2.73. The Morgan fingerprint density at radius 3 is 2.24 bits per heavy atom. The second-order valence-corrected chi connectivity index (χ2v) is 11.5. The van der Waals surface area contributed by atoms with Gasteiger partial charge in [-0.25, -0.2) is 9.97 Å². The fourth-order valence-corrected chi connectivity index (χ4v) is 5.76. The lowest BCUT2D eigenvalue weighted by Gasteiger charge is -2.26. The molecule has 2 saturated heterocycles. The van der Waals surface area contributed by atoms with Crippen LogP contribution in [0.2, 0.25) is 0 Å². The number of alkyl halides is 3. The summed E-state index contributed by atoms with van der Waals surface area (Å²) in [6, 6.07) is -0.584. The monoisotopic (exact) mass is 539 g/mol. The van der Waals surface area contributed by atoms with Gasteiger partial charge in [-0.05, 0) is 71.9 Å². The van der Waals surface area contributed by atoms with Gasteiger partial charge in [-0.3, -0.25) is 9.59 Å². The lowest BCUT2D eigenvalue weighted by molar-refractivity contribution is -0.138. The van der Waals surface area contributed by atoms with Gasteiger partial charge in [0, 0.05) is 23.8 Å². The number of aliphatic hydroxyl groups is 1. The molecule has 2 amide bonds. The first kappa shape index (κ1) is 27.3. The highest BCUT2D eigenvalue weighted by Crippen LogP contribution is 2.41. The van der Waals surface area contributed by atoms with Crippen molar-refractivity contribution in [1.29, 1.82) is 0 Å². The number of carbonyl (C=O) groups excluding carboxylic acids is 2. The van der Waals surface area contributed by atoms with Crippen molar-refractivity contribution in [2.75, 3.05) is 5.32 Å². The molecule has 4 heterocycles. The number of aryl methyl sites for hydroxylation is 1. The predicted molar refractivity (Wildman–Crippen MR) is 135 cm³/mol. The summed E-state index contributed by atoms with van der Waals surface area (Å²) in [6.07, 6.45) is 0.721. The van der Waals surface area contributed by atoms with E-state index in [0.29, 0.717) is 16.0 Å². The summed E-state index contributed by atoms with van der Waals surface area (Å²) >= 11 is 1.03. The first-order valence-corrected chi connectivity index (χ1v) is 13.2. The molecule has 0 spiro atoms. The van der Waals surface area contributed by atoms with Crippen LogP contribution in [0.15, 0.2) is 12.3 Å². The fourth-order valence-electron chi connectivity index (χ4n) is 4.72. The van der Waals surface area contributed by atoms with Gasteiger partial charge in [-0.1, -0.05) is 0 Å². The van der Waals surface area contributed by atoms with Gasteiger partial charge in [0.05, 0.1) is 16.5 Å². The van der Waals surface area contributed by atoms with Crippen LogP contribution >= 0.6 is 11.3 Å². The van der Waals surface area contributed by atoms with E-state index in [1.54, 1.807) is 27.7 Å². The number of thiazole rings is 1. The van der Waals surface area contributed by atoms with Crippen LogP contribution in [0.3, 0.4) is 0 Å². The number of pyridine rings is 1. The molecule has 2 fully saturated rings. The predicted octanol–water partition coefficient (Wildman–Crippen LogP) is 4.53. The minimum absolute atomic E-state index is 0.0537. The molecule has 2 atom stereocenters. The van der Waals surface area contributed by atoms with Crippen molar-refractivity contribution in [3.8, 4) is 10.4 Å². The molecule has 0 radical (unpaired) electrons. The van der Waals surface area contributed by atoms with Crippen molar-refractivity contribution < 1.29 is 27.9 Å². The van der Waals surface area contributed by atoms with Gasteiger partial charge in [-0.2, -0.15) is 13.2 Å². The van der Waals surface area contributed by atoms with Crippen LogP contribution in [0.25, 0.3) is 10.4 Å². The van der Waals surface area contributed by atoms with Crippen molar-refractivity contribution in [2.24, 2.45) is 0 Å². The third-order valence-electron chi connectivity index (χ3n) is 7.33. The molecule has 4 rings (SSSR count). The molecule has 202 valence electrons. The maximum absolute atomic E-state index is 13.7. The van der Waals surface area contributed by atoms with Gasteiger partial charge in [0.25, 0.3) is 11.8 Å². The molecular formula is C25H32F3N5O3S. The third kappa shape index (κ3) is 5.59. The molecule has 2 aromatic heterocycles. The summed E-state index contributed by atoms with van der Waals surface area (Å²) in [6.45, 7) is 7.54. The van der Waals surface area contributed by atoms with E-state index in [2.05, 4.69) is 20.6 Å². The Bertz CT molecular complexity index is 1170. The zero-order valence-corrected chi connectivity index (χ0v) is 22.3. The number of carbonyl (C=O) groups is 2. The zero-order chi connectivity index (χ0) is 27.3. The molecule has 12 heteroatoms. The van der Waals surface area contributed by atoms with Crippen molar-refractivity contribution in [3.63, 3.8) is 0 Å². The van der Waals surface area contributed by atoms with Crippen molar-refractivity contribution in [2.45, 2.75) is 96.2 Å². The SMILES string of the molecule is Cc1cc(N[C@@H](C)C(F)(F)F)ncc1-c1sc(C(=O)N[C@H](C)C(C)(C)O)nc1C(=O)N1C2CCC1CC2. The molecule has 2 bridgehead atoms. The lowest BCUT2D eigenvalue weighted by atomic mass is 10.0. The normalized spacial score (nSPS) is 21.2. The number of hydrogen-bond donors (Lipinski definition) is 3. The molecule has 37 heavy (non-hydrogen) atoms. The number of rotatable bonds is 7. The summed E-state index contributed by atoms with van der Waals surface area (Å²) in [5, 5.41) is 15.4. The van der Waals surface area contributed by atoms with E-state index in [4.69, 9.17) is 0 Å². The van der Waals surface area contributed by atoms with E-state index in [1.165, 1.54) is 12.3 Å². The Morgan fingerprint density at radius 2 is 1.73 bits per heavy atom.